The van der Waals surface area contributed by atoms with Crippen LogP contribution >= 0.6 is 15.9 Å². The van der Waals surface area contributed by atoms with Gasteiger partial charge in [0.25, 0.3) is 5.91 Å². The third kappa shape index (κ3) is 3.30. The van der Waals surface area contributed by atoms with Gasteiger partial charge in [0.1, 0.15) is 0 Å². The fraction of sp³-hybridized carbons (Fsp3) is 0.562. The lowest BCUT2D eigenvalue weighted by Crippen LogP contribution is -2.48. The summed E-state index contributed by atoms with van der Waals surface area (Å²) in [6, 6.07) is 8.07. The van der Waals surface area contributed by atoms with Gasteiger partial charge in [-0.05, 0) is 53.7 Å². The lowest BCUT2D eigenvalue weighted by molar-refractivity contribution is 0.0905. The van der Waals surface area contributed by atoms with Crippen LogP contribution in [0.5, 0.6) is 0 Å². The second-order valence-electron chi connectivity index (χ2n) is 6.00. The van der Waals surface area contributed by atoms with E-state index in [-0.39, 0.29) is 18.1 Å². The fourth-order valence-corrected chi connectivity index (χ4v) is 3.97. The normalized spacial score (nSPS) is 29.7. The Bertz CT molecular complexity index is 523. The molecule has 1 saturated carbocycles. The zero-order valence-corrected chi connectivity index (χ0v) is 13.6. The summed E-state index contributed by atoms with van der Waals surface area (Å²) in [6.07, 6.45) is 3.91. The molecule has 3 rings (SSSR count). The molecular formula is C16H21BrN2O2. The molecule has 5 heteroatoms. The molecule has 0 bridgehead atoms. The van der Waals surface area contributed by atoms with Crippen molar-refractivity contribution in [3.8, 4) is 0 Å². The smallest absolute Gasteiger partial charge is 0.252 e. The zero-order valence-electron chi connectivity index (χ0n) is 12.0. The van der Waals surface area contributed by atoms with Crippen LogP contribution in [0.25, 0.3) is 0 Å². The Morgan fingerprint density at radius 2 is 2.10 bits per heavy atom. The van der Waals surface area contributed by atoms with Crippen LogP contribution in [0, 0.1) is 0 Å². The van der Waals surface area contributed by atoms with Crippen LogP contribution in [-0.2, 0) is 0 Å². The van der Waals surface area contributed by atoms with Crippen molar-refractivity contribution in [1.82, 2.24) is 10.2 Å². The molecule has 1 amide bonds. The summed E-state index contributed by atoms with van der Waals surface area (Å²) in [5.74, 6) is -0.0147. The lowest BCUT2D eigenvalue weighted by atomic mass is 10.1. The second-order valence-corrected chi connectivity index (χ2v) is 6.85. The Morgan fingerprint density at radius 3 is 2.81 bits per heavy atom. The number of nitrogens with zero attached hydrogens (tertiary/aromatic N) is 1. The number of aliphatic hydroxyl groups excluding tert-OH is 1. The summed E-state index contributed by atoms with van der Waals surface area (Å²) in [4.78, 5) is 14.8. The minimum Gasteiger partial charge on any atom is -0.392 e. The van der Waals surface area contributed by atoms with E-state index in [1.807, 2.05) is 24.3 Å². The van der Waals surface area contributed by atoms with Crippen LogP contribution in [0.15, 0.2) is 28.7 Å². The van der Waals surface area contributed by atoms with E-state index in [2.05, 4.69) is 26.1 Å². The van der Waals surface area contributed by atoms with Crippen LogP contribution in [-0.4, -0.2) is 47.2 Å². The number of benzene rings is 1. The highest BCUT2D eigenvalue weighted by Crippen LogP contribution is 2.28. The summed E-state index contributed by atoms with van der Waals surface area (Å²) in [5.41, 5.74) is 0.685. The summed E-state index contributed by atoms with van der Waals surface area (Å²) in [6.45, 7) is 1.68. The van der Waals surface area contributed by atoms with Crippen LogP contribution in [0.3, 0.4) is 0 Å². The molecule has 2 aliphatic rings. The summed E-state index contributed by atoms with van der Waals surface area (Å²) < 4.78 is 0.827. The lowest BCUT2D eigenvalue weighted by Gasteiger charge is -2.29. The van der Waals surface area contributed by atoms with Crippen molar-refractivity contribution >= 4 is 21.8 Å². The van der Waals surface area contributed by atoms with E-state index in [0.717, 1.165) is 43.2 Å². The first kappa shape index (κ1) is 15.0. The Balaban J connectivity index is 1.66. The van der Waals surface area contributed by atoms with Gasteiger partial charge in [0.05, 0.1) is 11.7 Å². The number of likely N-dealkylation sites (tertiary alicyclic amines) is 1. The largest absolute Gasteiger partial charge is 0.392 e. The Labute approximate surface area is 133 Å². The van der Waals surface area contributed by atoms with E-state index in [1.54, 1.807) is 0 Å². The molecule has 1 aromatic carbocycles. The number of β-amino-alcohol motifs (C(OH)–C–C–N with tert-alkyl or cyclic N) is 1. The first-order chi connectivity index (χ1) is 10.1. The van der Waals surface area contributed by atoms with Gasteiger partial charge >= 0.3 is 0 Å². The molecule has 2 fully saturated rings. The van der Waals surface area contributed by atoms with Crippen molar-refractivity contribution in [2.45, 2.75) is 43.9 Å². The highest BCUT2D eigenvalue weighted by molar-refractivity contribution is 9.10. The highest BCUT2D eigenvalue weighted by atomic mass is 79.9. The Kier molecular flexibility index (Phi) is 4.62. The van der Waals surface area contributed by atoms with Crippen molar-refractivity contribution < 1.29 is 9.90 Å². The van der Waals surface area contributed by atoms with E-state index in [0.29, 0.717) is 11.6 Å². The third-order valence-corrected chi connectivity index (χ3v) is 5.27. The van der Waals surface area contributed by atoms with Gasteiger partial charge in [0.2, 0.25) is 0 Å². The SMILES string of the molecule is O=C(N[C@@H]1CCC[C@@H]1N1CCC(O)C1)c1ccccc1Br. The number of nitrogens with one attached hydrogen (secondary N) is 1. The van der Waals surface area contributed by atoms with Gasteiger partial charge in [-0.1, -0.05) is 12.1 Å². The van der Waals surface area contributed by atoms with Crippen molar-refractivity contribution in [2.24, 2.45) is 0 Å². The molecule has 3 atom stereocenters. The number of amides is 1. The second kappa shape index (κ2) is 6.46. The molecule has 0 radical (unpaired) electrons. The van der Waals surface area contributed by atoms with Crippen molar-refractivity contribution in [2.75, 3.05) is 13.1 Å². The first-order valence-corrected chi connectivity index (χ1v) is 8.42. The Morgan fingerprint density at radius 1 is 1.29 bits per heavy atom. The fourth-order valence-electron chi connectivity index (χ4n) is 3.51. The number of hydrogen-bond acceptors (Lipinski definition) is 3. The number of hydrogen-bond donors (Lipinski definition) is 2. The monoisotopic (exact) mass is 352 g/mol. The van der Waals surface area contributed by atoms with E-state index in [4.69, 9.17) is 0 Å². The van der Waals surface area contributed by atoms with Crippen LogP contribution in [0.2, 0.25) is 0 Å². The molecule has 1 aliphatic carbocycles. The van der Waals surface area contributed by atoms with Gasteiger partial charge in [-0.2, -0.15) is 0 Å². The standard InChI is InChI=1S/C16H21BrN2O2/c17-13-5-2-1-4-12(13)16(21)18-14-6-3-7-15(14)19-9-8-11(20)10-19/h1-2,4-5,11,14-15,20H,3,6-10H2,(H,18,21)/t11?,14-,15+/m1/s1. The molecule has 1 aromatic rings. The van der Waals surface area contributed by atoms with Crippen molar-refractivity contribution in [1.29, 1.82) is 0 Å². The maximum absolute atomic E-state index is 12.4. The maximum Gasteiger partial charge on any atom is 0.252 e. The predicted octanol–water partition coefficient (Wildman–Crippen LogP) is 2.17. The molecule has 21 heavy (non-hydrogen) atoms. The minimum absolute atomic E-state index is 0.0147. The van der Waals surface area contributed by atoms with E-state index in [9.17, 15) is 9.90 Å². The number of aliphatic hydroxyl groups is 1. The van der Waals surface area contributed by atoms with Crippen molar-refractivity contribution in [3.05, 3.63) is 34.3 Å². The molecule has 0 aromatic heterocycles. The molecule has 2 N–H and O–H groups in total. The highest BCUT2D eigenvalue weighted by Gasteiger charge is 2.36. The van der Waals surface area contributed by atoms with Crippen LogP contribution < -0.4 is 5.32 Å². The number of carbonyl (C=O) groups is 1. The van der Waals surface area contributed by atoms with Crippen molar-refractivity contribution in [3.63, 3.8) is 0 Å². The van der Waals surface area contributed by atoms with Gasteiger partial charge in [0.15, 0.2) is 0 Å². The third-order valence-electron chi connectivity index (χ3n) is 4.58. The molecule has 1 aliphatic heterocycles. The van der Waals surface area contributed by atoms with E-state index in [1.165, 1.54) is 0 Å². The minimum atomic E-state index is -0.204. The topological polar surface area (TPSA) is 52.6 Å². The first-order valence-electron chi connectivity index (χ1n) is 7.62. The number of carbonyl (C=O) groups excluding carboxylic acids is 1. The molecule has 1 heterocycles. The van der Waals surface area contributed by atoms with E-state index < -0.39 is 0 Å². The van der Waals surface area contributed by atoms with Gasteiger partial charge in [0, 0.05) is 29.6 Å². The van der Waals surface area contributed by atoms with Crippen LogP contribution in [0.4, 0.5) is 0 Å². The Hall–Kier alpha value is -0.910. The predicted molar refractivity (Wildman–Crippen MR) is 85.2 cm³/mol. The number of rotatable bonds is 3. The quantitative estimate of drug-likeness (QED) is 0.876. The van der Waals surface area contributed by atoms with Gasteiger partial charge in [-0.15, -0.1) is 0 Å². The zero-order chi connectivity index (χ0) is 14.8. The number of halogens is 1. The maximum atomic E-state index is 12.4. The average molecular weight is 353 g/mol. The van der Waals surface area contributed by atoms with E-state index >= 15 is 0 Å². The molecule has 1 unspecified atom stereocenters. The molecular weight excluding hydrogens is 332 g/mol. The van der Waals surface area contributed by atoms with Gasteiger partial charge < -0.3 is 10.4 Å². The summed E-state index contributed by atoms with van der Waals surface area (Å²) >= 11 is 3.43. The summed E-state index contributed by atoms with van der Waals surface area (Å²) in [7, 11) is 0. The van der Waals surface area contributed by atoms with Crippen LogP contribution in [0.1, 0.15) is 36.0 Å². The molecule has 114 valence electrons. The molecule has 0 spiro atoms. The average Bonchev–Trinajstić information content (AvgIpc) is 3.08. The van der Waals surface area contributed by atoms with Gasteiger partial charge in [-0.25, -0.2) is 0 Å². The molecule has 1 saturated heterocycles. The van der Waals surface area contributed by atoms with Gasteiger partial charge in [-0.3, -0.25) is 9.69 Å². The molecule has 4 nitrogen and oxygen atoms in total. The summed E-state index contributed by atoms with van der Waals surface area (Å²) in [5, 5.41) is 12.9.